The summed E-state index contributed by atoms with van der Waals surface area (Å²) in [5.74, 6) is 0.317. The molecule has 88 heavy (non-hydrogen) atoms. The van der Waals surface area contributed by atoms with Crippen LogP contribution in [0.4, 0.5) is 0 Å². The second-order valence-electron chi connectivity index (χ2n) is 30.8. The van der Waals surface area contributed by atoms with Crippen LogP contribution in [0, 0.1) is 92.7 Å². The van der Waals surface area contributed by atoms with Crippen molar-refractivity contribution < 1.29 is 95.3 Å². The number of nitrogens with zero attached hydrogens (tertiary/aromatic N) is 1. The second-order valence-corrected chi connectivity index (χ2v) is 30.8. The van der Waals surface area contributed by atoms with Crippen LogP contribution in [-0.2, 0) is 23.9 Å². The first kappa shape index (κ1) is 70.1. The molecule has 0 spiro atoms. The number of aliphatic hydroxyl groups excluding tert-OH is 14. The Morgan fingerprint density at radius 2 is 1.09 bits per heavy atom. The van der Waals surface area contributed by atoms with E-state index in [4.69, 9.17) is 9.47 Å². The third kappa shape index (κ3) is 13.3. The summed E-state index contributed by atoms with van der Waals surface area (Å²) in [6, 6.07) is 0. The molecule has 8 saturated carbocycles. The molecule has 9 fully saturated rings. The van der Waals surface area contributed by atoms with Gasteiger partial charge in [0.25, 0.3) is 5.91 Å². The Balaban J connectivity index is 0.796. The van der Waals surface area contributed by atoms with Gasteiger partial charge in [0, 0.05) is 39.0 Å². The van der Waals surface area contributed by atoms with Crippen molar-refractivity contribution in [1.29, 1.82) is 0 Å². The lowest BCUT2D eigenvalue weighted by atomic mass is 9.43. The Bertz CT molecular complexity index is 2340. The number of aliphatic hydroxyl groups is 14. The fourth-order valence-electron chi connectivity index (χ4n) is 21.2. The van der Waals surface area contributed by atoms with E-state index in [-0.39, 0.29) is 151 Å². The molecule has 0 unspecified atom stereocenters. The van der Waals surface area contributed by atoms with Gasteiger partial charge in [-0.15, -0.1) is 0 Å². The van der Waals surface area contributed by atoms with Crippen molar-refractivity contribution in [3.63, 3.8) is 0 Å². The van der Waals surface area contributed by atoms with Gasteiger partial charge in [-0.3, -0.25) is 14.4 Å². The first-order valence-electron chi connectivity index (χ1n) is 34.1. The fourth-order valence-corrected chi connectivity index (χ4v) is 21.2. The van der Waals surface area contributed by atoms with Gasteiger partial charge in [-0.2, -0.15) is 0 Å². The first-order valence-corrected chi connectivity index (χ1v) is 34.1. The van der Waals surface area contributed by atoms with Crippen LogP contribution in [0.3, 0.4) is 0 Å². The molecule has 22 nitrogen and oxygen atoms in total. The second kappa shape index (κ2) is 28.4. The van der Waals surface area contributed by atoms with Crippen molar-refractivity contribution >= 4 is 17.7 Å². The lowest BCUT2D eigenvalue weighted by Gasteiger charge is -2.63. The largest absolute Gasteiger partial charge is 0.394 e. The third-order valence-corrected chi connectivity index (χ3v) is 26.5. The van der Waals surface area contributed by atoms with Crippen molar-refractivity contribution in [2.24, 2.45) is 92.7 Å². The van der Waals surface area contributed by atoms with Gasteiger partial charge in [0.1, 0.15) is 42.7 Å². The molecule has 0 aromatic heterocycles. The zero-order valence-electron chi connectivity index (χ0n) is 53.2. The van der Waals surface area contributed by atoms with Gasteiger partial charge in [0.2, 0.25) is 11.8 Å². The number of fused-ring (bicyclic) bond motifs is 10. The predicted octanol–water partition coefficient (Wildman–Crippen LogP) is 0.843. The van der Waals surface area contributed by atoms with Crippen LogP contribution in [0.2, 0.25) is 0 Å². The van der Waals surface area contributed by atoms with Crippen LogP contribution in [0.25, 0.3) is 0 Å². The van der Waals surface area contributed by atoms with E-state index in [2.05, 4.69) is 52.2 Å². The Morgan fingerprint density at radius 1 is 0.602 bits per heavy atom. The van der Waals surface area contributed by atoms with Crippen LogP contribution >= 0.6 is 0 Å². The third-order valence-electron chi connectivity index (χ3n) is 26.5. The highest BCUT2D eigenvalue weighted by Gasteiger charge is 2.68. The lowest BCUT2D eigenvalue weighted by Crippen LogP contribution is -2.62. The van der Waals surface area contributed by atoms with Crippen LogP contribution in [0.5, 0.6) is 0 Å². The Labute approximate surface area is 520 Å². The van der Waals surface area contributed by atoms with E-state index in [9.17, 15) is 85.9 Å². The summed E-state index contributed by atoms with van der Waals surface area (Å²) in [5, 5.41) is 158. The van der Waals surface area contributed by atoms with Crippen LogP contribution < -0.4 is 10.6 Å². The number of ether oxygens (including phenoxy) is 2. The molecule has 16 N–H and O–H groups in total. The zero-order chi connectivity index (χ0) is 64.1. The summed E-state index contributed by atoms with van der Waals surface area (Å²) in [5.41, 5.74) is -0.940. The minimum atomic E-state index is -2.27. The summed E-state index contributed by atoms with van der Waals surface area (Å²) < 4.78 is 10.8. The molecule has 9 aliphatic rings. The molecule has 1 heterocycles. The maximum Gasteiger partial charge on any atom is 0.251 e. The van der Waals surface area contributed by atoms with Gasteiger partial charge in [-0.25, -0.2) is 0 Å². The van der Waals surface area contributed by atoms with E-state index in [1.807, 2.05) is 0 Å². The van der Waals surface area contributed by atoms with Gasteiger partial charge in [-0.1, -0.05) is 41.5 Å². The van der Waals surface area contributed by atoms with Crippen LogP contribution in [-0.4, -0.2) is 225 Å². The molecule has 31 atom stereocenters. The maximum atomic E-state index is 14.4. The highest BCUT2D eigenvalue weighted by molar-refractivity contribution is 5.81. The maximum absolute atomic E-state index is 14.4. The average molecular weight is 1250 g/mol. The van der Waals surface area contributed by atoms with Gasteiger partial charge in [0.05, 0.1) is 49.8 Å². The molecule has 0 aromatic rings. The van der Waals surface area contributed by atoms with E-state index in [0.717, 1.165) is 51.4 Å². The first-order chi connectivity index (χ1) is 41.6. The number of carbonyl (C=O) groups is 3. The summed E-state index contributed by atoms with van der Waals surface area (Å²) in [4.78, 5) is 43.0. The zero-order valence-corrected chi connectivity index (χ0v) is 53.2. The van der Waals surface area contributed by atoms with E-state index >= 15 is 0 Å². The molecule has 1 saturated heterocycles. The quantitative estimate of drug-likeness (QED) is 0.0596. The fraction of sp³-hybridized carbons (Fsp3) is 0.955. The highest BCUT2D eigenvalue weighted by atomic mass is 16.7. The molecule has 0 radical (unpaired) electrons. The Hall–Kier alpha value is -2.23. The number of amides is 3. The predicted molar refractivity (Wildman–Crippen MR) is 320 cm³/mol. The molecular weight excluding hydrogens is 1140 g/mol. The smallest absolute Gasteiger partial charge is 0.251 e. The van der Waals surface area contributed by atoms with E-state index in [1.165, 1.54) is 0 Å². The summed E-state index contributed by atoms with van der Waals surface area (Å²) in [6.07, 6.45) is -7.03. The Morgan fingerprint density at radius 3 is 1.58 bits per heavy atom. The van der Waals surface area contributed by atoms with Gasteiger partial charge < -0.3 is 96.5 Å². The molecule has 506 valence electrons. The molecule has 8 aliphatic carbocycles. The molecule has 0 bridgehead atoms. The highest BCUT2D eigenvalue weighted by Crippen LogP contribution is 2.70. The average Bonchev–Trinajstić information content (AvgIpc) is 1.33. The number of rotatable bonds is 24. The summed E-state index contributed by atoms with van der Waals surface area (Å²) >= 11 is 0. The van der Waals surface area contributed by atoms with Gasteiger partial charge in [0.15, 0.2) is 12.4 Å². The normalized spacial score (nSPS) is 45.8. The van der Waals surface area contributed by atoms with Crippen LogP contribution in [0.15, 0.2) is 0 Å². The standard InChI is InChI=1S/C66H113N3O19/c1-33(39-11-13-41-53-43(29-49(77)65(39,41)5)63(3)19-17-37(72)25-35(63)27-45(53)74)9-15-51(79)67-21-7-23-69(24-8-22-68-61(86)58(84)57(83)60(47(76)31-70)88-62-59(85)56(82)55(81)48(32-71)87-62)52(80)16-10-34(2)40-12-14-42-54-44(30-50(78)66(40,42)6)64(4)20-18-38(73)26-36(64)28-46(54)75/h33-50,53-60,62,70-78,81-85H,7-32H2,1-6H3,(H,67,79)(H,68,86)/t33-,34-,35+,36+,37-,38-,39-,40-,41+,42+,43+,44+,45-,46-,47-,48-,49+,50+,53+,54+,55+,56+,57-,58-,59-,60-,62+,63+,64+,65-,66-/m1/s1. The van der Waals surface area contributed by atoms with Crippen molar-refractivity contribution in [2.45, 2.75) is 262 Å². The summed E-state index contributed by atoms with van der Waals surface area (Å²) in [6.45, 7) is 12.2. The summed E-state index contributed by atoms with van der Waals surface area (Å²) in [7, 11) is 0. The molecule has 9 rings (SSSR count). The number of carbonyl (C=O) groups excluding carboxylic acids is 3. The van der Waals surface area contributed by atoms with Crippen molar-refractivity contribution in [3.8, 4) is 0 Å². The van der Waals surface area contributed by atoms with E-state index < -0.39 is 109 Å². The molecule has 0 aromatic carbocycles. The van der Waals surface area contributed by atoms with Crippen LogP contribution in [0.1, 0.15) is 170 Å². The number of hydrogen-bond donors (Lipinski definition) is 16. The minimum Gasteiger partial charge on any atom is -0.394 e. The minimum absolute atomic E-state index is 0.0243. The van der Waals surface area contributed by atoms with Crippen molar-refractivity contribution in [3.05, 3.63) is 0 Å². The molecule has 3 amide bonds. The lowest BCUT2D eigenvalue weighted by molar-refractivity contribution is -0.326. The number of nitrogens with one attached hydrogen (secondary N) is 2. The van der Waals surface area contributed by atoms with E-state index in [1.54, 1.807) is 4.90 Å². The van der Waals surface area contributed by atoms with Gasteiger partial charge >= 0.3 is 0 Å². The Kier molecular flexibility index (Phi) is 22.6. The topological polar surface area (TPSA) is 380 Å². The van der Waals surface area contributed by atoms with Gasteiger partial charge in [-0.05, 0) is 208 Å². The monoisotopic (exact) mass is 1250 g/mol. The molecular formula is C66H113N3O19. The van der Waals surface area contributed by atoms with E-state index in [0.29, 0.717) is 57.8 Å². The van der Waals surface area contributed by atoms with Crippen molar-refractivity contribution in [2.75, 3.05) is 39.4 Å². The SMILES string of the molecule is C[C@H](CCC(=O)NCCCN(CCCNC(=O)[C@H](O)[C@@H](O)[C@H](O[C@@H]1O[C@H](CO)[C@H](O)[C@H](O)[C@H]1O)[C@H](O)CO)C(=O)CC[C@@H](C)[C@H]1CC[C@H]2[C@@H]3[C@H](O)C[C@@H]4C[C@H](O)CC[C@]4(C)[C@H]3C[C@H](O)[C@]12C)[C@H]1CC[C@H]2[C@@H]3[C@H](O)C[C@@H]4C[C@H](O)CC[C@]4(C)[C@H]3C[C@H](O)[C@]12C. The number of hydrogen-bond acceptors (Lipinski definition) is 19. The molecule has 22 heteroatoms. The molecule has 1 aliphatic heterocycles. The van der Waals surface area contributed by atoms with Crippen molar-refractivity contribution in [1.82, 2.24) is 15.5 Å².